The summed E-state index contributed by atoms with van der Waals surface area (Å²) in [5.74, 6) is 2.24. The van der Waals surface area contributed by atoms with Crippen LogP contribution in [-0.2, 0) is 9.53 Å². The van der Waals surface area contributed by atoms with Crippen LogP contribution in [0.3, 0.4) is 0 Å². The number of ether oxygens (including phenoxy) is 3. The van der Waals surface area contributed by atoms with Crippen molar-refractivity contribution in [3.05, 3.63) is 54.4 Å². The fourth-order valence-corrected chi connectivity index (χ4v) is 4.86. The Morgan fingerprint density at radius 1 is 1.08 bits per heavy atom. The van der Waals surface area contributed by atoms with E-state index < -0.39 is 0 Å². The van der Waals surface area contributed by atoms with Gasteiger partial charge in [-0.2, -0.15) is 0 Å². The van der Waals surface area contributed by atoms with Crippen molar-refractivity contribution in [2.45, 2.75) is 38.1 Å². The maximum atomic E-state index is 12.6. The van der Waals surface area contributed by atoms with Gasteiger partial charge in [0, 0.05) is 36.6 Å². The van der Waals surface area contributed by atoms with E-state index in [4.69, 9.17) is 14.2 Å². The SMILES string of the molecule is COc1cccc(OC(C)c2nnc(SCC(=O)Nc3ccc(N4CCOCC4)cc3)n2C(C)C)c1. The van der Waals surface area contributed by atoms with Gasteiger partial charge in [0.05, 0.1) is 26.1 Å². The molecule has 36 heavy (non-hydrogen) atoms. The monoisotopic (exact) mass is 511 g/mol. The Labute approximate surface area is 216 Å². The number of methoxy groups -OCH3 is 1. The standard InChI is InChI=1S/C26H33N5O4S/c1-18(2)31-25(19(3)35-23-7-5-6-22(16-23)33-4)28-29-26(31)36-17-24(32)27-20-8-10-21(11-9-20)30-12-14-34-15-13-30/h5-11,16,18-19H,12-15,17H2,1-4H3,(H,27,32). The minimum absolute atomic E-state index is 0.0975. The molecule has 1 aliphatic heterocycles. The van der Waals surface area contributed by atoms with Gasteiger partial charge in [0.2, 0.25) is 5.91 Å². The van der Waals surface area contributed by atoms with Gasteiger partial charge in [-0.25, -0.2) is 0 Å². The summed E-state index contributed by atoms with van der Waals surface area (Å²) in [5.41, 5.74) is 1.90. The molecule has 0 radical (unpaired) electrons. The zero-order valence-electron chi connectivity index (χ0n) is 21.1. The van der Waals surface area contributed by atoms with Crippen LogP contribution in [0, 0.1) is 0 Å². The third-order valence-electron chi connectivity index (χ3n) is 5.78. The second-order valence-corrected chi connectivity index (χ2v) is 9.67. The Morgan fingerprint density at radius 2 is 1.81 bits per heavy atom. The van der Waals surface area contributed by atoms with Crippen LogP contribution in [0.2, 0.25) is 0 Å². The molecule has 2 aromatic carbocycles. The minimum atomic E-state index is -0.333. The van der Waals surface area contributed by atoms with Gasteiger partial charge in [0.15, 0.2) is 17.1 Å². The molecular formula is C26H33N5O4S. The van der Waals surface area contributed by atoms with Crippen molar-refractivity contribution < 1.29 is 19.0 Å². The Bertz CT molecular complexity index is 1150. The minimum Gasteiger partial charge on any atom is -0.497 e. The normalized spacial score (nSPS) is 14.5. The molecule has 0 aliphatic carbocycles. The van der Waals surface area contributed by atoms with Gasteiger partial charge in [-0.3, -0.25) is 4.79 Å². The molecule has 1 N–H and O–H groups in total. The van der Waals surface area contributed by atoms with Crippen molar-refractivity contribution in [1.29, 1.82) is 0 Å². The molecule has 2 heterocycles. The quantitative estimate of drug-likeness (QED) is 0.396. The molecule has 0 bridgehead atoms. The summed E-state index contributed by atoms with van der Waals surface area (Å²) in [7, 11) is 1.62. The molecule has 10 heteroatoms. The molecule has 0 saturated carbocycles. The van der Waals surface area contributed by atoms with Crippen LogP contribution in [-0.4, -0.2) is 59.8 Å². The number of benzene rings is 2. The number of rotatable bonds is 10. The van der Waals surface area contributed by atoms with Crippen LogP contribution in [0.5, 0.6) is 11.5 Å². The van der Waals surface area contributed by atoms with Crippen LogP contribution in [0.15, 0.2) is 53.7 Å². The molecule has 1 saturated heterocycles. The number of aromatic nitrogens is 3. The van der Waals surface area contributed by atoms with Crippen LogP contribution < -0.4 is 19.7 Å². The molecule has 1 amide bonds. The first-order chi connectivity index (χ1) is 17.4. The average Bonchev–Trinajstić information content (AvgIpc) is 3.33. The van der Waals surface area contributed by atoms with E-state index in [1.54, 1.807) is 7.11 Å². The zero-order valence-corrected chi connectivity index (χ0v) is 22.0. The number of carbonyl (C=O) groups excluding carboxylic acids is 1. The molecule has 192 valence electrons. The van der Waals surface area contributed by atoms with E-state index in [0.717, 1.165) is 43.4 Å². The van der Waals surface area contributed by atoms with Crippen molar-refractivity contribution in [2.24, 2.45) is 0 Å². The van der Waals surface area contributed by atoms with Gasteiger partial charge >= 0.3 is 0 Å². The van der Waals surface area contributed by atoms with Gasteiger partial charge in [-0.1, -0.05) is 17.8 Å². The molecule has 1 atom stereocenters. The number of morpholine rings is 1. The van der Waals surface area contributed by atoms with Crippen LogP contribution in [0.1, 0.15) is 38.7 Å². The second kappa shape index (κ2) is 12.1. The Hall–Kier alpha value is -3.24. The third kappa shape index (κ3) is 6.50. The summed E-state index contributed by atoms with van der Waals surface area (Å²) < 4.78 is 18.8. The van der Waals surface area contributed by atoms with Crippen molar-refractivity contribution in [3.63, 3.8) is 0 Å². The average molecular weight is 512 g/mol. The van der Waals surface area contributed by atoms with Gasteiger partial charge in [0.1, 0.15) is 11.5 Å². The van der Waals surface area contributed by atoms with Crippen molar-refractivity contribution >= 4 is 29.0 Å². The summed E-state index contributed by atoms with van der Waals surface area (Å²) >= 11 is 1.36. The highest BCUT2D eigenvalue weighted by Gasteiger charge is 2.22. The smallest absolute Gasteiger partial charge is 0.234 e. The van der Waals surface area contributed by atoms with E-state index in [1.165, 1.54) is 11.8 Å². The molecule has 4 rings (SSSR count). The van der Waals surface area contributed by atoms with Gasteiger partial charge in [0.25, 0.3) is 0 Å². The number of thioether (sulfide) groups is 1. The number of amides is 1. The molecular weight excluding hydrogens is 478 g/mol. The third-order valence-corrected chi connectivity index (χ3v) is 6.73. The molecule has 1 fully saturated rings. The number of nitrogens with one attached hydrogen (secondary N) is 1. The van der Waals surface area contributed by atoms with E-state index in [0.29, 0.717) is 16.7 Å². The lowest BCUT2D eigenvalue weighted by atomic mass is 10.2. The van der Waals surface area contributed by atoms with Gasteiger partial charge < -0.3 is 29.0 Å². The summed E-state index contributed by atoms with van der Waals surface area (Å²) in [4.78, 5) is 14.9. The zero-order chi connectivity index (χ0) is 25.5. The van der Waals surface area contributed by atoms with Crippen molar-refractivity contribution in [3.8, 4) is 11.5 Å². The number of nitrogens with zero attached hydrogens (tertiary/aromatic N) is 4. The summed E-state index contributed by atoms with van der Waals surface area (Å²) in [5, 5.41) is 12.4. The highest BCUT2D eigenvalue weighted by atomic mass is 32.2. The predicted octanol–water partition coefficient (Wildman–Crippen LogP) is 4.58. The lowest BCUT2D eigenvalue weighted by molar-refractivity contribution is -0.113. The second-order valence-electron chi connectivity index (χ2n) is 8.73. The number of hydrogen-bond donors (Lipinski definition) is 1. The highest BCUT2D eigenvalue weighted by molar-refractivity contribution is 7.99. The lowest BCUT2D eigenvalue weighted by Crippen LogP contribution is -2.36. The summed E-state index contributed by atoms with van der Waals surface area (Å²) in [6.07, 6.45) is -0.333. The number of hydrogen-bond acceptors (Lipinski definition) is 8. The number of anilines is 2. The van der Waals surface area contributed by atoms with E-state index in [2.05, 4.69) is 34.3 Å². The summed E-state index contributed by atoms with van der Waals surface area (Å²) in [6, 6.07) is 15.5. The molecule has 1 aromatic heterocycles. The molecule has 9 nitrogen and oxygen atoms in total. The Balaban J connectivity index is 1.35. The van der Waals surface area contributed by atoms with Crippen molar-refractivity contribution in [1.82, 2.24) is 14.8 Å². The fourth-order valence-electron chi connectivity index (χ4n) is 3.98. The first-order valence-corrected chi connectivity index (χ1v) is 13.0. The lowest BCUT2D eigenvalue weighted by Gasteiger charge is -2.28. The fraction of sp³-hybridized carbons (Fsp3) is 0.423. The maximum Gasteiger partial charge on any atom is 0.234 e. The summed E-state index contributed by atoms with van der Waals surface area (Å²) in [6.45, 7) is 9.30. The molecule has 3 aromatic rings. The maximum absolute atomic E-state index is 12.6. The Morgan fingerprint density at radius 3 is 2.50 bits per heavy atom. The first-order valence-electron chi connectivity index (χ1n) is 12.1. The van der Waals surface area contributed by atoms with E-state index in [-0.39, 0.29) is 23.8 Å². The topological polar surface area (TPSA) is 90.7 Å². The number of carbonyl (C=O) groups is 1. The van der Waals surface area contributed by atoms with Gasteiger partial charge in [-0.15, -0.1) is 10.2 Å². The van der Waals surface area contributed by atoms with E-state index in [9.17, 15) is 4.79 Å². The van der Waals surface area contributed by atoms with Gasteiger partial charge in [-0.05, 0) is 57.2 Å². The molecule has 0 spiro atoms. The van der Waals surface area contributed by atoms with E-state index >= 15 is 0 Å². The van der Waals surface area contributed by atoms with Crippen LogP contribution in [0.25, 0.3) is 0 Å². The largest absolute Gasteiger partial charge is 0.497 e. The predicted molar refractivity (Wildman–Crippen MR) is 141 cm³/mol. The van der Waals surface area contributed by atoms with Crippen molar-refractivity contribution in [2.75, 3.05) is 49.4 Å². The first kappa shape index (κ1) is 25.8. The Kier molecular flexibility index (Phi) is 8.71. The van der Waals surface area contributed by atoms with E-state index in [1.807, 2.05) is 60.0 Å². The highest BCUT2D eigenvalue weighted by Crippen LogP contribution is 2.29. The van der Waals surface area contributed by atoms with Crippen LogP contribution >= 0.6 is 11.8 Å². The molecule has 1 aliphatic rings. The van der Waals surface area contributed by atoms with Crippen LogP contribution in [0.4, 0.5) is 11.4 Å². The molecule has 1 unspecified atom stereocenters.